The van der Waals surface area contributed by atoms with Crippen molar-refractivity contribution in [3.63, 3.8) is 0 Å². The number of aryl methyl sites for hydroxylation is 3. The van der Waals surface area contributed by atoms with Gasteiger partial charge in [-0.2, -0.15) is 5.10 Å². The van der Waals surface area contributed by atoms with Crippen molar-refractivity contribution < 1.29 is 14.3 Å². The van der Waals surface area contributed by atoms with Gasteiger partial charge in [0.15, 0.2) is 0 Å². The number of rotatable bonds is 6. The van der Waals surface area contributed by atoms with Gasteiger partial charge in [0.2, 0.25) is 11.8 Å². The summed E-state index contributed by atoms with van der Waals surface area (Å²) in [5.74, 6) is 0.222. The first kappa shape index (κ1) is 19.9. The van der Waals surface area contributed by atoms with E-state index in [-0.39, 0.29) is 29.5 Å². The molecule has 2 heterocycles. The van der Waals surface area contributed by atoms with Gasteiger partial charge in [0, 0.05) is 44.8 Å². The summed E-state index contributed by atoms with van der Waals surface area (Å²) in [5.41, 5.74) is 1.79. The van der Waals surface area contributed by atoms with Crippen molar-refractivity contribution in [3.8, 4) is 0 Å². The molecule has 2 amide bonds. The van der Waals surface area contributed by atoms with Gasteiger partial charge in [-0.05, 0) is 45.6 Å². The van der Waals surface area contributed by atoms with Gasteiger partial charge in [0.05, 0.1) is 17.3 Å². The standard InChI is InChI=1S/C20H32N4O3/c1-5-18(25)21-16-6-8-20(27-4)9-11-23(17(20)13-16)19(26)7-10-24-15(3)12-14(2)22-24/h12,16-17H,5-11,13H2,1-4H3,(H,21,25)/t16-,17+,20-/m1/s1. The lowest BCUT2D eigenvalue weighted by Gasteiger charge is -2.43. The van der Waals surface area contributed by atoms with E-state index in [0.717, 1.165) is 43.6 Å². The first-order chi connectivity index (χ1) is 12.9. The van der Waals surface area contributed by atoms with Crippen LogP contribution in [0.25, 0.3) is 0 Å². The van der Waals surface area contributed by atoms with Crippen LogP contribution in [-0.4, -0.2) is 57.8 Å². The highest BCUT2D eigenvalue weighted by atomic mass is 16.5. The monoisotopic (exact) mass is 376 g/mol. The van der Waals surface area contributed by atoms with E-state index in [0.29, 0.717) is 19.4 Å². The predicted octanol–water partition coefficient (Wildman–Crippen LogP) is 1.95. The molecule has 1 aliphatic heterocycles. The molecule has 0 aromatic carbocycles. The number of hydrogen-bond acceptors (Lipinski definition) is 4. The zero-order valence-electron chi connectivity index (χ0n) is 17.0. The van der Waals surface area contributed by atoms with Gasteiger partial charge in [0.1, 0.15) is 0 Å². The summed E-state index contributed by atoms with van der Waals surface area (Å²) in [5, 5.41) is 7.55. The van der Waals surface area contributed by atoms with E-state index in [1.807, 2.05) is 36.4 Å². The summed E-state index contributed by atoms with van der Waals surface area (Å²) < 4.78 is 7.82. The highest BCUT2D eigenvalue weighted by molar-refractivity contribution is 5.77. The van der Waals surface area contributed by atoms with Gasteiger partial charge in [-0.1, -0.05) is 6.92 Å². The van der Waals surface area contributed by atoms with Crippen LogP contribution in [0.5, 0.6) is 0 Å². The van der Waals surface area contributed by atoms with Crippen molar-refractivity contribution >= 4 is 11.8 Å². The van der Waals surface area contributed by atoms with Crippen LogP contribution in [0.2, 0.25) is 0 Å². The number of hydrogen-bond donors (Lipinski definition) is 1. The first-order valence-electron chi connectivity index (χ1n) is 10.0. The molecule has 0 radical (unpaired) electrons. The number of nitrogens with zero attached hydrogens (tertiary/aromatic N) is 3. The number of carbonyl (C=O) groups is 2. The number of aromatic nitrogens is 2. The highest BCUT2D eigenvalue weighted by Gasteiger charge is 2.52. The average Bonchev–Trinajstić information content (AvgIpc) is 3.19. The number of carbonyl (C=O) groups excluding carboxylic acids is 2. The highest BCUT2D eigenvalue weighted by Crippen LogP contribution is 2.42. The third-order valence-electron chi connectivity index (χ3n) is 6.24. The van der Waals surface area contributed by atoms with Crippen LogP contribution in [0.3, 0.4) is 0 Å². The van der Waals surface area contributed by atoms with E-state index < -0.39 is 0 Å². The van der Waals surface area contributed by atoms with Gasteiger partial charge in [-0.3, -0.25) is 14.3 Å². The molecule has 1 saturated heterocycles. The summed E-state index contributed by atoms with van der Waals surface area (Å²) >= 11 is 0. The summed E-state index contributed by atoms with van der Waals surface area (Å²) in [6.07, 6.45) is 4.35. The molecule has 3 rings (SSSR count). The minimum absolute atomic E-state index is 0.0337. The number of amides is 2. The van der Waals surface area contributed by atoms with E-state index in [1.54, 1.807) is 7.11 Å². The quantitative estimate of drug-likeness (QED) is 0.823. The van der Waals surface area contributed by atoms with Crippen LogP contribution in [0, 0.1) is 13.8 Å². The van der Waals surface area contributed by atoms with Crippen molar-refractivity contribution in [2.24, 2.45) is 0 Å². The third-order valence-corrected chi connectivity index (χ3v) is 6.24. The van der Waals surface area contributed by atoms with Crippen molar-refractivity contribution in [1.82, 2.24) is 20.0 Å². The first-order valence-corrected chi connectivity index (χ1v) is 10.0. The Kier molecular flexibility index (Phi) is 5.89. The average molecular weight is 377 g/mol. The van der Waals surface area contributed by atoms with E-state index in [2.05, 4.69) is 10.4 Å². The summed E-state index contributed by atoms with van der Waals surface area (Å²) in [6.45, 7) is 7.16. The lowest BCUT2D eigenvalue weighted by Crippen LogP contribution is -2.55. The zero-order valence-corrected chi connectivity index (χ0v) is 17.0. The van der Waals surface area contributed by atoms with E-state index in [1.165, 1.54) is 0 Å². The molecule has 2 aliphatic rings. The Labute approximate surface area is 161 Å². The lowest BCUT2D eigenvalue weighted by molar-refractivity contribution is -0.138. The summed E-state index contributed by atoms with van der Waals surface area (Å²) in [4.78, 5) is 26.8. The second-order valence-corrected chi connectivity index (χ2v) is 7.91. The molecular weight excluding hydrogens is 344 g/mol. The van der Waals surface area contributed by atoms with Crippen molar-refractivity contribution in [1.29, 1.82) is 0 Å². The Morgan fingerprint density at radius 2 is 2.15 bits per heavy atom. The van der Waals surface area contributed by atoms with Crippen molar-refractivity contribution in [2.45, 2.75) is 83.5 Å². The molecular formula is C20H32N4O3. The van der Waals surface area contributed by atoms with Gasteiger partial charge in [-0.25, -0.2) is 0 Å². The number of ether oxygens (including phenoxy) is 1. The summed E-state index contributed by atoms with van der Waals surface area (Å²) in [7, 11) is 1.75. The van der Waals surface area contributed by atoms with Gasteiger partial charge in [-0.15, -0.1) is 0 Å². The molecule has 1 aliphatic carbocycles. The SMILES string of the molecule is CCC(=O)N[C@@H]1CC[C@@]2(OC)CCN(C(=O)CCn3nc(C)cc3C)[C@H]2C1. The lowest BCUT2D eigenvalue weighted by atomic mass is 9.78. The van der Waals surface area contributed by atoms with Crippen LogP contribution in [0.1, 0.15) is 56.8 Å². The molecule has 1 aromatic rings. The predicted molar refractivity (Wildman–Crippen MR) is 102 cm³/mol. The molecule has 27 heavy (non-hydrogen) atoms. The third kappa shape index (κ3) is 4.03. The minimum atomic E-state index is -0.263. The smallest absolute Gasteiger partial charge is 0.224 e. The minimum Gasteiger partial charge on any atom is -0.376 e. The number of methoxy groups -OCH3 is 1. The maximum atomic E-state index is 13.0. The Hall–Kier alpha value is -1.89. The molecule has 1 N–H and O–H groups in total. The fourth-order valence-corrected chi connectivity index (χ4v) is 4.70. The Morgan fingerprint density at radius 1 is 1.37 bits per heavy atom. The fourth-order valence-electron chi connectivity index (χ4n) is 4.70. The van der Waals surface area contributed by atoms with Gasteiger partial charge < -0.3 is 15.0 Å². The summed E-state index contributed by atoms with van der Waals surface area (Å²) in [6, 6.07) is 2.18. The topological polar surface area (TPSA) is 76.5 Å². The second kappa shape index (κ2) is 8.00. The normalized spacial score (nSPS) is 27.5. The molecule has 150 valence electrons. The van der Waals surface area contributed by atoms with Crippen LogP contribution in [0.15, 0.2) is 6.07 Å². The number of fused-ring (bicyclic) bond motifs is 1. The van der Waals surface area contributed by atoms with E-state index >= 15 is 0 Å². The van der Waals surface area contributed by atoms with E-state index in [4.69, 9.17) is 4.74 Å². The van der Waals surface area contributed by atoms with Crippen LogP contribution < -0.4 is 5.32 Å². The van der Waals surface area contributed by atoms with Gasteiger partial charge >= 0.3 is 0 Å². The Morgan fingerprint density at radius 3 is 2.78 bits per heavy atom. The molecule has 0 unspecified atom stereocenters. The second-order valence-electron chi connectivity index (χ2n) is 7.91. The maximum absolute atomic E-state index is 13.0. The maximum Gasteiger partial charge on any atom is 0.224 e. The van der Waals surface area contributed by atoms with Crippen LogP contribution >= 0.6 is 0 Å². The van der Waals surface area contributed by atoms with Crippen molar-refractivity contribution in [3.05, 3.63) is 17.5 Å². The molecule has 1 saturated carbocycles. The van der Waals surface area contributed by atoms with Crippen LogP contribution in [0.4, 0.5) is 0 Å². The zero-order chi connectivity index (χ0) is 19.6. The van der Waals surface area contributed by atoms with Crippen molar-refractivity contribution in [2.75, 3.05) is 13.7 Å². The molecule has 0 spiro atoms. The Balaban J connectivity index is 1.66. The molecule has 1 aromatic heterocycles. The fraction of sp³-hybridized carbons (Fsp3) is 0.750. The molecule has 2 fully saturated rings. The van der Waals surface area contributed by atoms with Gasteiger partial charge in [0.25, 0.3) is 0 Å². The van der Waals surface area contributed by atoms with Crippen LogP contribution in [-0.2, 0) is 20.9 Å². The molecule has 0 bridgehead atoms. The largest absolute Gasteiger partial charge is 0.376 e. The molecule has 7 heteroatoms. The number of nitrogens with one attached hydrogen (secondary N) is 1. The number of likely N-dealkylation sites (tertiary alicyclic amines) is 1. The molecule has 3 atom stereocenters. The Bertz CT molecular complexity index is 701. The van der Waals surface area contributed by atoms with E-state index in [9.17, 15) is 9.59 Å². The molecule has 7 nitrogen and oxygen atoms in total.